The second kappa shape index (κ2) is 7.09. The molecule has 0 N–H and O–H groups in total. The minimum Gasteiger partial charge on any atom is -0.372 e. The maximum absolute atomic E-state index is 4.20. The van der Waals surface area contributed by atoms with Gasteiger partial charge in [-0.25, -0.2) is 0 Å². The average Bonchev–Trinajstić information content (AvgIpc) is 2.85. The second-order valence-corrected chi connectivity index (χ2v) is 7.19. The molecule has 0 atom stereocenters. The molecule has 0 amide bonds. The van der Waals surface area contributed by atoms with Gasteiger partial charge in [0.05, 0.1) is 0 Å². The summed E-state index contributed by atoms with van der Waals surface area (Å²) in [5.74, 6) is 0.753. The second-order valence-electron chi connectivity index (χ2n) is 5.87. The molecule has 0 aliphatic carbocycles. The molecule has 0 saturated carbocycles. The van der Waals surface area contributed by atoms with Gasteiger partial charge in [-0.3, -0.25) is 0 Å². The first-order valence-corrected chi connectivity index (χ1v) is 8.19. The molecule has 1 saturated heterocycles. The number of thiophene rings is 1. The van der Waals surface area contributed by atoms with Crippen LogP contribution in [0.1, 0.15) is 28.5 Å². The molecule has 0 unspecified atom stereocenters. The fraction of sp³-hybridized carbons (Fsp3) is 0.529. The number of hydrogen-bond donors (Lipinski definition) is 0. The zero-order chi connectivity index (χ0) is 14.5. The van der Waals surface area contributed by atoms with Crippen molar-refractivity contribution in [1.82, 2.24) is 9.80 Å². The predicted molar refractivity (Wildman–Crippen MR) is 89.4 cm³/mol. The Morgan fingerprint density at radius 1 is 1.40 bits per heavy atom. The Balaban J connectivity index is 1.82. The van der Waals surface area contributed by atoms with Crippen molar-refractivity contribution in [3.63, 3.8) is 0 Å². The quantitative estimate of drug-likeness (QED) is 0.760. The van der Waals surface area contributed by atoms with Gasteiger partial charge < -0.3 is 9.80 Å². The Kier molecular flexibility index (Phi) is 5.44. The highest BCUT2D eigenvalue weighted by Gasteiger charge is 2.21. The van der Waals surface area contributed by atoms with Crippen molar-refractivity contribution in [2.24, 2.45) is 0 Å². The van der Waals surface area contributed by atoms with Crippen LogP contribution in [0.5, 0.6) is 0 Å². The van der Waals surface area contributed by atoms with Crippen LogP contribution in [0.3, 0.4) is 0 Å². The number of allylic oxidation sites excluding steroid dienone is 1. The molecule has 1 aliphatic rings. The number of hydrogen-bond acceptors (Lipinski definition) is 3. The van der Waals surface area contributed by atoms with Crippen LogP contribution in [-0.4, -0.2) is 43.5 Å². The Morgan fingerprint density at radius 3 is 2.65 bits per heavy atom. The SMILES string of the molecule is C=C(/C=C/CN(C)C)N1CCC(c2ccc(C)s2)CC1. The number of nitrogens with zero attached hydrogens (tertiary/aromatic N) is 2. The van der Waals surface area contributed by atoms with Crippen LogP contribution in [0.15, 0.2) is 36.6 Å². The van der Waals surface area contributed by atoms with Gasteiger partial charge in [-0.15, -0.1) is 11.3 Å². The van der Waals surface area contributed by atoms with Crippen molar-refractivity contribution in [3.05, 3.63) is 46.3 Å². The summed E-state index contributed by atoms with van der Waals surface area (Å²) < 4.78 is 0. The summed E-state index contributed by atoms with van der Waals surface area (Å²) in [6.07, 6.45) is 6.85. The summed E-state index contributed by atoms with van der Waals surface area (Å²) in [6.45, 7) is 9.63. The lowest BCUT2D eigenvalue weighted by Crippen LogP contribution is -2.31. The summed E-state index contributed by atoms with van der Waals surface area (Å²) in [6, 6.07) is 4.56. The van der Waals surface area contributed by atoms with E-state index in [9.17, 15) is 0 Å². The van der Waals surface area contributed by atoms with Gasteiger partial charge in [0.2, 0.25) is 0 Å². The Bertz CT molecular complexity index is 465. The highest BCUT2D eigenvalue weighted by molar-refractivity contribution is 7.12. The van der Waals surface area contributed by atoms with Crippen LogP contribution in [0, 0.1) is 6.92 Å². The third-order valence-electron chi connectivity index (χ3n) is 3.85. The van der Waals surface area contributed by atoms with E-state index in [0.29, 0.717) is 0 Å². The lowest BCUT2D eigenvalue weighted by molar-refractivity contribution is 0.272. The van der Waals surface area contributed by atoms with Gasteiger partial charge in [-0.1, -0.05) is 12.7 Å². The van der Waals surface area contributed by atoms with Crippen LogP contribution < -0.4 is 0 Å². The molecular weight excluding hydrogens is 264 g/mol. The van der Waals surface area contributed by atoms with Crippen LogP contribution in [0.25, 0.3) is 0 Å². The van der Waals surface area contributed by atoms with Crippen LogP contribution in [-0.2, 0) is 0 Å². The van der Waals surface area contributed by atoms with Crippen molar-refractivity contribution < 1.29 is 0 Å². The van der Waals surface area contributed by atoms with Crippen molar-refractivity contribution in [2.75, 3.05) is 33.7 Å². The Hall–Kier alpha value is -1.06. The molecule has 1 aliphatic heterocycles. The van der Waals surface area contributed by atoms with E-state index in [1.165, 1.54) is 17.7 Å². The molecule has 20 heavy (non-hydrogen) atoms. The summed E-state index contributed by atoms with van der Waals surface area (Å²) in [7, 11) is 4.17. The third-order valence-corrected chi connectivity index (χ3v) is 5.01. The zero-order valence-electron chi connectivity index (χ0n) is 12.9. The van der Waals surface area contributed by atoms with Gasteiger partial charge in [0, 0.05) is 35.1 Å². The van der Waals surface area contributed by atoms with E-state index in [0.717, 1.165) is 31.2 Å². The highest BCUT2D eigenvalue weighted by atomic mass is 32.1. The minimum atomic E-state index is 0.753. The molecule has 2 rings (SSSR count). The van der Waals surface area contributed by atoms with Crippen molar-refractivity contribution in [2.45, 2.75) is 25.7 Å². The summed E-state index contributed by atoms with van der Waals surface area (Å²) in [5.41, 5.74) is 1.16. The van der Waals surface area contributed by atoms with Gasteiger partial charge in [0.1, 0.15) is 0 Å². The number of rotatable bonds is 5. The molecular formula is C17H26N2S. The molecule has 1 aromatic heterocycles. The summed E-state index contributed by atoms with van der Waals surface area (Å²) >= 11 is 1.96. The summed E-state index contributed by atoms with van der Waals surface area (Å²) in [4.78, 5) is 7.58. The maximum atomic E-state index is 4.20. The van der Waals surface area contributed by atoms with Crippen molar-refractivity contribution in [3.8, 4) is 0 Å². The van der Waals surface area contributed by atoms with E-state index in [1.807, 2.05) is 11.3 Å². The van der Waals surface area contributed by atoms with E-state index in [1.54, 1.807) is 4.88 Å². The first kappa shape index (κ1) is 15.3. The van der Waals surface area contributed by atoms with Gasteiger partial charge in [0.25, 0.3) is 0 Å². The van der Waals surface area contributed by atoms with Crippen LogP contribution in [0.4, 0.5) is 0 Å². The molecule has 2 nitrogen and oxygen atoms in total. The van der Waals surface area contributed by atoms with E-state index >= 15 is 0 Å². The molecule has 1 aromatic rings. The molecule has 3 heteroatoms. The smallest absolute Gasteiger partial charge is 0.0290 e. The fourth-order valence-electron chi connectivity index (χ4n) is 2.63. The normalized spacial score (nSPS) is 17.3. The lowest BCUT2D eigenvalue weighted by atomic mass is 9.95. The number of piperidine rings is 1. The Morgan fingerprint density at radius 2 is 2.10 bits per heavy atom. The third kappa shape index (κ3) is 4.22. The van der Waals surface area contributed by atoms with E-state index in [4.69, 9.17) is 0 Å². The van der Waals surface area contributed by atoms with E-state index < -0.39 is 0 Å². The largest absolute Gasteiger partial charge is 0.372 e. The first-order valence-electron chi connectivity index (χ1n) is 7.37. The topological polar surface area (TPSA) is 6.48 Å². The van der Waals surface area contributed by atoms with Crippen LogP contribution in [0.2, 0.25) is 0 Å². The first-order chi connectivity index (χ1) is 9.56. The van der Waals surface area contributed by atoms with Gasteiger partial charge in [-0.05, 0) is 58.0 Å². The molecule has 2 heterocycles. The molecule has 0 bridgehead atoms. The van der Waals surface area contributed by atoms with Crippen LogP contribution >= 0.6 is 11.3 Å². The predicted octanol–water partition coefficient (Wildman–Crippen LogP) is 3.87. The van der Waals surface area contributed by atoms with Gasteiger partial charge in [-0.2, -0.15) is 0 Å². The van der Waals surface area contributed by atoms with Crippen molar-refractivity contribution >= 4 is 11.3 Å². The molecule has 110 valence electrons. The van der Waals surface area contributed by atoms with E-state index in [2.05, 4.69) is 61.7 Å². The molecule has 0 radical (unpaired) electrons. The highest BCUT2D eigenvalue weighted by Crippen LogP contribution is 2.33. The number of aryl methyl sites for hydroxylation is 1. The monoisotopic (exact) mass is 290 g/mol. The van der Waals surface area contributed by atoms with Gasteiger partial charge in [0.15, 0.2) is 0 Å². The minimum absolute atomic E-state index is 0.753. The van der Waals surface area contributed by atoms with E-state index in [-0.39, 0.29) is 0 Å². The molecule has 0 aromatic carbocycles. The van der Waals surface area contributed by atoms with Crippen molar-refractivity contribution in [1.29, 1.82) is 0 Å². The summed E-state index contributed by atoms with van der Waals surface area (Å²) in [5, 5.41) is 0. The lowest BCUT2D eigenvalue weighted by Gasteiger charge is -2.33. The molecule has 1 fully saturated rings. The molecule has 0 spiro atoms. The standard InChI is InChI=1S/C17H26N2S/c1-14(6-5-11-18(3)4)19-12-9-16(10-13-19)17-8-7-15(2)20-17/h5-8,16H,1,9-13H2,2-4H3/b6-5+. The zero-order valence-corrected chi connectivity index (χ0v) is 13.7. The average molecular weight is 290 g/mol. The maximum Gasteiger partial charge on any atom is 0.0290 e. The fourth-order valence-corrected chi connectivity index (χ4v) is 3.68. The Labute approximate surface area is 127 Å². The van der Waals surface area contributed by atoms with Gasteiger partial charge >= 0.3 is 0 Å². The number of likely N-dealkylation sites (tertiary alicyclic amines) is 1. The number of likely N-dealkylation sites (N-methyl/N-ethyl adjacent to an activating group) is 1.